The van der Waals surface area contributed by atoms with Crippen molar-refractivity contribution in [3.63, 3.8) is 0 Å². The molecule has 1 N–H and O–H groups in total. The number of rotatable bonds is 16. The molecule has 0 unspecified atom stereocenters. The fourth-order valence-electron chi connectivity index (χ4n) is 4.55. The first-order valence-electron chi connectivity index (χ1n) is 13.9. The van der Waals surface area contributed by atoms with Crippen molar-refractivity contribution in [2.75, 3.05) is 25.5 Å². The Morgan fingerprint density at radius 1 is 0.698 bits per heavy atom. The van der Waals surface area contributed by atoms with Gasteiger partial charge in [0.25, 0.3) is 10.1 Å². The second-order valence-electron chi connectivity index (χ2n) is 10.4. The van der Waals surface area contributed by atoms with Gasteiger partial charge in [0.1, 0.15) is 0 Å². The first-order valence-corrected chi connectivity index (χ1v) is 17.0. The predicted molar refractivity (Wildman–Crippen MR) is 166 cm³/mol. The van der Waals surface area contributed by atoms with Crippen LogP contribution in [0.5, 0.6) is 0 Å². The summed E-state index contributed by atoms with van der Waals surface area (Å²) >= 11 is 0. The molecule has 0 amide bonds. The molecule has 0 aliphatic rings. The molecule has 43 heavy (non-hydrogen) atoms. The molecule has 0 aliphatic carbocycles. The minimum Gasteiger partial charge on any atom is -0.389 e. The number of aliphatic hydroxyl groups is 1. The molecule has 2 atom stereocenters. The van der Waals surface area contributed by atoms with Crippen LogP contribution in [-0.4, -0.2) is 64.5 Å². The Balaban J connectivity index is 1.55. The van der Waals surface area contributed by atoms with E-state index in [-0.39, 0.29) is 35.3 Å². The first-order chi connectivity index (χ1) is 20.6. The van der Waals surface area contributed by atoms with Crippen LogP contribution in [0.15, 0.2) is 125 Å². The van der Waals surface area contributed by atoms with Crippen molar-refractivity contribution >= 4 is 20.0 Å². The summed E-state index contributed by atoms with van der Waals surface area (Å²) in [6.45, 7) is 1.94. The molecule has 4 rings (SSSR count). The smallest absolute Gasteiger partial charge is 0.297 e. The third kappa shape index (κ3) is 10.1. The summed E-state index contributed by atoms with van der Waals surface area (Å²) < 4.78 is 63.7. The zero-order valence-electron chi connectivity index (χ0n) is 24.0. The van der Waals surface area contributed by atoms with E-state index in [1.807, 2.05) is 72.5 Å². The highest BCUT2D eigenvalue weighted by Gasteiger charge is 2.29. The molecule has 4 aromatic carbocycles. The van der Waals surface area contributed by atoms with E-state index in [2.05, 4.69) is 0 Å². The molecule has 8 nitrogen and oxygen atoms in total. The van der Waals surface area contributed by atoms with Crippen LogP contribution >= 0.6 is 0 Å². The summed E-state index contributed by atoms with van der Waals surface area (Å²) in [5.41, 5.74) is 2.74. The number of nitrogens with zero attached hydrogens (tertiary/aromatic N) is 1. The SMILES string of the molecule is Cc1ccc(S(=O)(=O)OC[C@@H](O)CN(Cc2ccccc2)[C@H](COCc2ccccc2)CS(=O)(=O)c2ccccc2)cc1. The normalized spacial score (nSPS) is 13.6. The number of hydrogen-bond donors (Lipinski definition) is 1. The summed E-state index contributed by atoms with van der Waals surface area (Å²) in [7, 11) is -7.83. The molecule has 0 bridgehead atoms. The van der Waals surface area contributed by atoms with Crippen LogP contribution < -0.4 is 0 Å². The summed E-state index contributed by atoms with van der Waals surface area (Å²) in [5, 5.41) is 11.0. The Labute approximate surface area is 254 Å². The lowest BCUT2D eigenvalue weighted by Gasteiger charge is -2.33. The summed E-state index contributed by atoms with van der Waals surface area (Å²) in [5.74, 6) is -0.270. The number of ether oxygens (including phenoxy) is 1. The molecule has 4 aromatic rings. The van der Waals surface area contributed by atoms with Gasteiger partial charge in [0, 0.05) is 19.1 Å². The monoisotopic (exact) mass is 623 g/mol. The molecule has 0 saturated carbocycles. The second-order valence-corrected chi connectivity index (χ2v) is 14.0. The number of sulfone groups is 1. The fraction of sp³-hybridized carbons (Fsp3) is 0.273. The number of hydrogen-bond acceptors (Lipinski definition) is 8. The Kier molecular flexibility index (Phi) is 11.6. The van der Waals surface area contributed by atoms with Crippen molar-refractivity contribution in [2.45, 2.75) is 42.0 Å². The van der Waals surface area contributed by atoms with E-state index in [4.69, 9.17) is 8.92 Å². The zero-order chi connectivity index (χ0) is 30.7. The van der Waals surface area contributed by atoms with Crippen LogP contribution in [0.25, 0.3) is 0 Å². The van der Waals surface area contributed by atoms with Gasteiger partial charge in [-0.05, 0) is 42.3 Å². The molecule has 0 spiro atoms. The highest BCUT2D eigenvalue weighted by molar-refractivity contribution is 7.91. The molecule has 228 valence electrons. The minimum atomic E-state index is -4.10. The second kappa shape index (κ2) is 15.4. The Hall–Kier alpha value is -3.38. The van der Waals surface area contributed by atoms with Gasteiger partial charge >= 0.3 is 0 Å². The Morgan fingerprint density at radius 3 is 1.86 bits per heavy atom. The molecule has 0 aromatic heterocycles. The lowest BCUT2D eigenvalue weighted by atomic mass is 10.1. The summed E-state index contributed by atoms with van der Waals surface area (Å²) in [4.78, 5) is 2.00. The fourth-order valence-corrected chi connectivity index (χ4v) is 7.07. The van der Waals surface area contributed by atoms with Gasteiger partial charge in [-0.1, -0.05) is 96.6 Å². The van der Waals surface area contributed by atoms with E-state index in [0.717, 1.165) is 16.7 Å². The third-order valence-electron chi connectivity index (χ3n) is 6.85. The molecule has 0 heterocycles. The van der Waals surface area contributed by atoms with Gasteiger partial charge in [-0.3, -0.25) is 9.08 Å². The highest BCUT2D eigenvalue weighted by Crippen LogP contribution is 2.19. The number of aryl methyl sites for hydroxylation is 1. The van der Waals surface area contributed by atoms with Gasteiger partial charge in [-0.15, -0.1) is 0 Å². The predicted octanol–water partition coefficient (Wildman–Crippen LogP) is 4.62. The summed E-state index contributed by atoms with van der Waals surface area (Å²) in [6.07, 6.45) is -1.24. The molecule has 0 saturated heterocycles. The molecule has 0 fully saturated rings. The zero-order valence-corrected chi connectivity index (χ0v) is 25.7. The van der Waals surface area contributed by atoms with Crippen LogP contribution in [0.2, 0.25) is 0 Å². The van der Waals surface area contributed by atoms with Crippen molar-refractivity contribution in [1.82, 2.24) is 4.90 Å². The van der Waals surface area contributed by atoms with Crippen LogP contribution in [0.3, 0.4) is 0 Å². The molecular weight excluding hydrogens is 586 g/mol. The maximum atomic E-state index is 13.5. The average molecular weight is 624 g/mol. The summed E-state index contributed by atoms with van der Waals surface area (Å²) in [6, 6.07) is 32.8. The maximum absolute atomic E-state index is 13.5. The van der Waals surface area contributed by atoms with Crippen LogP contribution in [0.1, 0.15) is 16.7 Å². The van der Waals surface area contributed by atoms with E-state index in [0.29, 0.717) is 6.54 Å². The van der Waals surface area contributed by atoms with Crippen molar-refractivity contribution in [2.24, 2.45) is 0 Å². The quantitative estimate of drug-likeness (QED) is 0.180. The minimum absolute atomic E-state index is 0.00687. The molecule has 0 aliphatic heterocycles. The highest BCUT2D eigenvalue weighted by atomic mass is 32.2. The van der Waals surface area contributed by atoms with Crippen molar-refractivity contribution in [1.29, 1.82) is 0 Å². The molecule has 10 heteroatoms. The topological polar surface area (TPSA) is 110 Å². The number of aliphatic hydroxyl groups excluding tert-OH is 1. The maximum Gasteiger partial charge on any atom is 0.297 e. The van der Waals surface area contributed by atoms with Crippen LogP contribution in [0, 0.1) is 6.92 Å². The van der Waals surface area contributed by atoms with Gasteiger partial charge in [-0.25, -0.2) is 8.42 Å². The first kappa shape index (κ1) is 32.5. The third-order valence-corrected chi connectivity index (χ3v) is 9.96. The molecular formula is C33H37NO7S2. The van der Waals surface area contributed by atoms with Crippen molar-refractivity contribution in [3.8, 4) is 0 Å². The van der Waals surface area contributed by atoms with E-state index in [1.165, 1.54) is 12.1 Å². The van der Waals surface area contributed by atoms with Crippen molar-refractivity contribution in [3.05, 3.63) is 132 Å². The molecule has 0 radical (unpaired) electrons. The van der Waals surface area contributed by atoms with E-state index in [9.17, 15) is 21.9 Å². The Bertz CT molecular complexity index is 1620. The van der Waals surface area contributed by atoms with Crippen LogP contribution in [-0.2, 0) is 42.0 Å². The Morgan fingerprint density at radius 2 is 1.26 bits per heavy atom. The largest absolute Gasteiger partial charge is 0.389 e. The standard InChI is InChI=1S/C33H37NO7S2/c1-27-17-19-33(20-18-27)43(38,39)41-25-31(35)22-34(21-28-11-5-2-6-12-28)30(24-40-23-29-13-7-3-8-14-29)26-42(36,37)32-15-9-4-10-16-32/h2-20,30-31,35H,21-26H2,1H3/t30-,31+/m1/s1. The van der Waals surface area contributed by atoms with Gasteiger partial charge < -0.3 is 9.84 Å². The number of benzene rings is 4. The van der Waals surface area contributed by atoms with Crippen molar-refractivity contribution < 1.29 is 30.9 Å². The van der Waals surface area contributed by atoms with E-state index in [1.54, 1.807) is 42.5 Å². The lowest BCUT2D eigenvalue weighted by Crippen LogP contribution is -2.47. The van der Waals surface area contributed by atoms with Gasteiger partial charge in [0.05, 0.1) is 41.5 Å². The van der Waals surface area contributed by atoms with E-state index >= 15 is 0 Å². The van der Waals surface area contributed by atoms with Gasteiger partial charge in [0.15, 0.2) is 9.84 Å². The van der Waals surface area contributed by atoms with Crippen LogP contribution in [0.4, 0.5) is 0 Å². The van der Waals surface area contributed by atoms with E-state index < -0.39 is 38.7 Å². The lowest BCUT2D eigenvalue weighted by molar-refractivity contribution is 0.0176. The van der Waals surface area contributed by atoms with Gasteiger partial charge in [-0.2, -0.15) is 8.42 Å². The average Bonchev–Trinajstić information content (AvgIpc) is 3.01. The van der Waals surface area contributed by atoms with Gasteiger partial charge in [0.2, 0.25) is 0 Å².